The van der Waals surface area contributed by atoms with Gasteiger partial charge in [0.15, 0.2) is 10.3 Å². The number of nitrogens with two attached hydrogens (primary N) is 1. The summed E-state index contributed by atoms with van der Waals surface area (Å²) in [6.45, 7) is 0.951. The van der Waals surface area contributed by atoms with Crippen molar-refractivity contribution in [1.82, 2.24) is 15.0 Å². The van der Waals surface area contributed by atoms with Crippen molar-refractivity contribution in [2.45, 2.75) is 11.7 Å². The number of aromatic nitrogens is 2. The second kappa shape index (κ2) is 4.50. The van der Waals surface area contributed by atoms with Crippen LogP contribution in [0.1, 0.15) is 5.69 Å². The van der Waals surface area contributed by atoms with Crippen molar-refractivity contribution in [3.63, 3.8) is 0 Å². The van der Waals surface area contributed by atoms with Gasteiger partial charge in [0.05, 0.1) is 11.9 Å². The summed E-state index contributed by atoms with van der Waals surface area (Å²) in [5.41, 5.74) is 8.69. The molecule has 0 saturated carbocycles. The highest BCUT2D eigenvalue weighted by Crippen LogP contribution is 2.29. The fraction of sp³-hybridized carbons (Fsp3) is 0.286. The third kappa shape index (κ3) is 2.32. The average Bonchev–Trinajstić information content (AvgIpc) is 2.68. The highest BCUT2D eigenvalue weighted by Gasteiger charge is 2.18. The van der Waals surface area contributed by atoms with Crippen LogP contribution in [0.2, 0.25) is 0 Å². The molecule has 0 fully saturated rings. The minimum atomic E-state index is 0.151. The lowest BCUT2D eigenvalue weighted by molar-refractivity contribution is 0.715. The van der Waals surface area contributed by atoms with Gasteiger partial charge in [-0.15, -0.1) is 0 Å². The van der Waals surface area contributed by atoms with Gasteiger partial charge in [0.2, 0.25) is 0 Å². The standard InChI is InChI=1S/C7H8BrN5S2/c8-5-4(3-10-12-6(9)14)13-1-2-15-7(13)11-5/h3H,1-2H2,(H3,9,12,14)/b10-3+. The number of thioether (sulfide) groups is 1. The number of rotatable bonds is 2. The van der Waals surface area contributed by atoms with Gasteiger partial charge in [-0.05, 0) is 28.1 Å². The summed E-state index contributed by atoms with van der Waals surface area (Å²) in [5.74, 6) is 1.05. The average molecular weight is 306 g/mol. The van der Waals surface area contributed by atoms with Crippen LogP contribution >= 0.6 is 39.9 Å². The molecule has 2 rings (SSSR count). The molecule has 0 spiro atoms. The highest BCUT2D eigenvalue weighted by molar-refractivity contribution is 9.10. The Kier molecular flexibility index (Phi) is 3.27. The lowest BCUT2D eigenvalue weighted by Gasteiger charge is -1.98. The van der Waals surface area contributed by atoms with Crippen LogP contribution in [0.5, 0.6) is 0 Å². The van der Waals surface area contributed by atoms with E-state index in [1.54, 1.807) is 18.0 Å². The number of hydrogen-bond acceptors (Lipinski definition) is 4. The molecule has 8 heteroatoms. The van der Waals surface area contributed by atoms with Gasteiger partial charge in [-0.1, -0.05) is 11.8 Å². The first kappa shape index (κ1) is 10.9. The molecule has 0 amide bonds. The van der Waals surface area contributed by atoms with Gasteiger partial charge in [-0.2, -0.15) is 5.10 Å². The summed E-state index contributed by atoms with van der Waals surface area (Å²) in [6, 6.07) is 0. The predicted octanol–water partition coefficient (Wildman–Crippen LogP) is 0.918. The Hall–Kier alpha value is -0.600. The molecule has 15 heavy (non-hydrogen) atoms. The number of hydrazone groups is 1. The van der Waals surface area contributed by atoms with Crippen LogP contribution in [0.4, 0.5) is 0 Å². The SMILES string of the molecule is NC(=S)N/N=C/c1c(Br)nc2n1CCS2. The van der Waals surface area contributed by atoms with E-state index in [0.717, 1.165) is 27.8 Å². The van der Waals surface area contributed by atoms with Gasteiger partial charge in [0.25, 0.3) is 0 Å². The van der Waals surface area contributed by atoms with Crippen molar-refractivity contribution < 1.29 is 0 Å². The summed E-state index contributed by atoms with van der Waals surface area (Å²) in [4.78, 5) is 4.35. The minimum absolute atomic E-state index is 0.151. The summed E-state index contributed by atoms with van der Waals surface area (Å²) < 4.78 is 2.89. The van der Waals surface area contributed by atoms with Gasteiger partial charge in [-0.3, -0.25) is 5.43 Å². The summed E-state index contributed by atoms with van der Waals surface area (Å²) in [5, 5.41) is 5.07. The number of nitrogens with zero attached hydrogens (tertiary/aromatic N) is 3. The number of halogens is 1. The van der Waals surface area contributed by atoms with Crippen LogP contribution in [-0.2, 0) is 6.54 Å². The van der Waals surface area contributed by atoms with E-state index in [0.29, 0.717) is 0 Å². The molecular weight excluding hydrogens is 298 g/mol. The molecule has 1 aliphatic rings. The molecule has 1 aromatic heterocycles. The van der Waals surface area contributed by atoms with Crippen LogP contribution in [0.25, 0.3) is 0 Å². The molecule has 3 N–H and O–H groups in total. The summed E-state index contributed by atoms with van der Waals surface area (Å²) in [7, 11) is 0. The molecule has 2 heterocycles. The van der Waals surface area contributed by atoms with E-state index in [4.69, 9.17) is 5.73 Å². The van der Waals surface area contributed by atoms with Gasteiger partial charge < -0.3 is 10.3 Å². The monoisotopic (exact) mass is 305 g/mol. The smallest absolute Gasteiger partial charge is 0.184 e. The van der Waals surface area contributed by atoms with Crippen LogP contribution < -0.4 is 11.2 Å². The molecule has 0 bridgehead atoms. The molecule has 0 aliphatic carbocycles. The Labute approximate surface area is 105 Å². The third-order valence-corrected chi connectivity index (χ3v) is 3.47. The maximum absolute atomic E-state index is 5.25. The first-order valence-electron chi connectivity index (χ1n) is 4.16. The van der Waals surface area contributed by atoms with E-state index in [-0.39, 0.29) is 5.11 Å². The van der Waals surface area contributed by atoms with Gasteiger partial charge >= 0.3 is 0 Å². The van der Waals surface area contributed by atoms with E-state index in [9.17, 15) is 0 Å². The Bertz CT molecular complexity index is 427. The van der Waals surface area contributed by atoms with E-state index in [2.05, 4.69) is 48.2 Å². The zero-order chi connectivity index (χ0) is 10.8. The zero-order valence-electron chi connectivity index (χ0n) is 7.61. The number of fused-ring (bicyclic) bond motifs is 1. The first-order valence-corrected chi connectivity index (χ1v) is 6.34. The maximum atomic E-state index is 5.25. The Balaban J connectivity index is 2.21. The van der Waals surface area contributed by atoms with Crippen LogP contribution in [0.15, 0.2) is 14.9 Å². The minimum Gasteiger partial charge on any atom is -0.375 e. The second-order valence-electron chi connectivity index (χ2n) is 2.80. The topological polar surface area (TPSA) is 68.2 Å². The lowest BCUT2D eigenvalue weighted by Crippen LogP contribution is -2.24. The number of nitrogens with one attached hydrogen (secondary N) is 1. The lowest BCUT2D eigenvalue weighted by atomic mass is 10.5. The molecule has 0 saturated heterocycles. The summed E-state index contributed by atoms with van der Waals surface area (Å²) >= 11 is 9.75. The third-order valence-electron chi connectivity index (χ3n) is 1.83. The van der Waals surface area contributed by atoms with Crippen molar-refractivity contribution >= 4 is 51.2 Å². The molecule has 80 valence electrons. The van der Waals surface area contributed by atoms with Crippen molar-refractivity contribution in [3.05, 3.63) is 10.3 Å². The van der Waals surface area contributed by atoms with Gasteiger partial charge in [-0.25, -0.2) is 4.98 Å². The highest BCUT2D eigenvalue weighted by atomic mass is 79.9. The Morgan fingerprint density at radius 1 is 1.80 bits per heavy atom. The fourth-order valence-electron chi connectivity index (χ4n) is 1.25. The molecular formula is C7H8BrN5S2. The van der Waals surface area contributed by atoms with Crippen molar-refractivity contribution in [2.75, 3.05) is 5.75 Å². The molecule has 1 aromatic rings. The number of imidazole rings is 1. The number of thiocarbonyl (C=S) groups is 1. The first-order chi connectivity index (χ1) is 7.18. The van der Waals surface area contributed by atoms with Crippen LogP contribution in [0, 0.1) is 0 Å². The molecule has 0 unspecified atom stereocenters. The predicted molar refractivity (Wildman–Crippen MR) is 68.2 cm³/mol. The van der Waals surface area contributed by atoms with Crippen molar-refractivity contribution in [3.8, 4) is 0 Å². The van der Waals surface area contributed by atoms with Gasteiger partial charge in [0, 0.05) is 12.3 Å². The molecule has 5 nitrogen and oxygen atoms in total. The molecule has 0 radical (unpaired) electrons. The van der Waals surface area contributed by atoms with E-state index in [1.807, 2.05) is 0 Å². The largest absolute Gasteiger partial charge is 0.375 e. The molecule has 1 aliphatic heterocycles. The van der Waals surface area contributed by atoms with Crippen molar-refractivity contribution in [1.29, 1.82) is 0 Å². The normalized spacial score (nSPS) is 14.5. The molecule has 0 atom stereocenters. The molecule has 0 aromatic carbocycles. The zero-order valence-corrected chi connectivity index (χ0v) is 10.8. The second-order valence-corrected chi connectivity index (χ2v) is 5.06. The van der Waals surface area contributed by atoms with Crippen LogP contribution in [-0.4, -0.2) is 26.6 Å². The van der Waals surface area contributed by atoms with E-state index >= 15 is 0 Å². The van der Waals surface area contributed by atoms with E-state index < -0.39 is 0 Å². The van der Waals surface area contributed by atoms with Crippen molar-refractivity contribution in [2.24, 2.45) is 10.8 Å². The summed E-state index contributed by atoms with van der Waals surface area (Å²) in [6.07, 6.45) is 1.66. The number of hydrogen-bond donors (Lipinski definition) is 2. The Morgan fingerprint density at radius 2 is 2.60 bits per heavy atom. The fourth-order valence-corrected chi connectivity index (χ4v) is 2.86. The quantitative estimate of drug-likeness (QED) is 0.483. The maximum Gasteiger partial charge on any atom is 0.184 e. The van der Waals surface area contributed by atoms with Crippen LogP contribution in [0.3, 0.4) is 0 Å². The Morgan fingerprint density at radius 3 is 3.33 bits per heavy atom. The van der Waals surface area contributed by atoms with Gasteiger partial charge in [0.1, 0.15) is 4.60 Å². The van der Waals surface area contributed by atoms with E-state index in [1.165, 1.54) is 0 Å².